The number of rotatable bonds is 8. The van der Waals surface area contributed by atoms with E-state index in [0.717, 1.165) is 18.4 Å². The molecule has 0 fully saturated rings. The molecule has 0 amide bonds. The molecule has 0 aliphatic carbocycles. The van der Waals surface area contributed by atoms with Gasteiger partial charge in [-0.2, -0.15) is 8.78 Å². The van der Waals surface area contributed by atoms with Crippen molar-refractivity contribution in [1.29, 1.82) is 0 Å². The summed E-state index contributed by atoms with van der Waals surface area (Å²) in [5, 5.41) is 3.39. The van der Waals surface area contributed by atoms with Crippen LogP contribution in [0.1, 0.15) is 39.2 Å². The van der Waals surface area contributed by atoms with Gasteiger partial charge in [0.2, 0.25) is 0 Å². The summed E-state index contributed by atoms with van der Waals surface area (Å²) in [5.41, 5.74) is 0.764. The molecule has 0 aliphatic rings. The highest BCUT2D eigenvalue weighted by molar-refractivity contribution is 5.33. The number of ether oxygens (including phenoxy) is 1. The molecule has 0 saturated heterocycles. The summed E-state index contributed by atoms with van der Waals surface area (Å²) in [7, 11) is 0. The van der Waals surface area contributed by atoms with E-state index in [2.05, 4.69) is 30.8 Å². The van der Waals surface area contributed by atoms with Crippen LogP contribution in [0.15, 0.2) is 24.3 Å². The highest BCUT2D eigenvalue weighted by Gasteiger charge is 2.14. The van der Waals surface area contributed by atoms with Gasteiger partial charge in [-0.15, -0.1) is 0 Å². The van der Waals surface area contributed by atoms with E-state index in [1.807, 2.05) is 12.1 Å². The quantitative estimate of drug-likeness (QED) is 0.765. The van der Waals surface area contributed by atoms with Gasteiger partial charge in [-0.05, 0) is 18.9 Å². The van der Waals surface area contributed by atoms with Crippen LogP contribution in [0.3, 0.4) is 0 Å². The van der Waals surface area contributed by atoms with Gasteiger partial charge in [-0.3, -0.25) is 0 Å². The van der Waals surface area contributed by atoms with Crippen molar-refractivity contribution >= 4 is 0 Å². The molecule has 1 rings (SSSR count). The fourth-order valence-corrected chi connectivity index (χ4v) is 2.29. The average molecular weight is 271 g/mol. The average Bonchev–Trinajstić information content (AvgIpc) is 2.38. The van der Waals surface area contributed by atoms with Gasteiger partial charge in [-0.25, -0.2) is 0 Å². The van der Waals surface area contributed by atoms with Gasteiger partial charge >= 0.3 is 6.61 Å². The lowest BCUT2D eigenvalue weighted by atomic mass is 9.95. The van der Waals surface area contributed by atoms with Crippen molar-refractivity contribution < 1.29 is 13.5 Å². The molecule has 4 heteroatoms. The minimum Gasteiger partial charge on any atom is -0.434 e. The molecule has 0 aliphatic heterocycles. The monoisotopic (exact) mass is 271 g/mol. The molecular weight excluding hydrogens is 248 g/mol. The number of para-hydroxylation sites is 1. The Morgan fingerprint density at radius 1 is 1.16 bits per heavy atom. The Morgan fingerprint density at radius 3 is 2.37 bits per heavy atom. The Kier molecular flexibility index (Phi) is 6.78. The Bertz CT molecular complexity index is 367. The van der Waals surface area contributed by atoms with Gasteiger partial charge in [0.25, 0.3) is 0 Å². The predicted octanol–water partition coefficient (Wildman–Crippen LogP) is 4.20. The molecule has 1 unspecified atom stereocenters. The fourth-order valence-electron chi connectivity index (χ4n) is 2.29. The number of hydrogen-bond acceptors (Lipinski definition) is 2. The van der Waals surface area contributed by atoms with Gasteiger partial charge in [0.15, 0.2) is 0 Å². The minimum atomic E-state index is -2.78. The minimum absolute atomic E-state index is 0.252. The first-order chi connectivity index (χ1) is 9.08. The number of halogens is 2. The standard InChI is InChI=1S/C15H23F2NO/c1-4-12(5-2)11(3)18-10-13-8-6-7-9-14(13)19-15(16)17/h6-9,11-12,15,18H,4-5,10H2,1-3H3. The van der Waals surface area contributed by atoms with E-state index >= 15 is 0 Å². The molecule has 0 heterocycles. The smallest absolute Gasteiger partial charge is 0.387 e. The number of benzene rings is 1. The summed E-state index contributed by atoms with van der Waals surface area (Å²) >= 11 is 0. The second kappa shape index (κ2) is 8.10. The zero-order valence-electron chi connectivity index (χ0n) is 11.8. The Hall–Kier alpha value is -1.16. The Balaban J connectivity index is 2.62. The van der Waals surface area contributed by atoms with Crippen LogP contribution in [0.25, 0.3) is 0 Å². The van der Waals surface area contributed by atoms with Gasteiger partial charge in [0.05, 0.1) is 0 Å². The largest absolute Gasteiger partial charge is 0.434 e. The SMILES string of the molecule is CCC(CC)C(C)NCc1ccccc1OC(F)F. The third kappa shape index (κ3) is 5.15. The first-order valence-corrected chi connectivity index (χ1v) is 6.84. The summed E-state index contributed by atoms with van der Waals surface area (Å²) < 4.78 is 29.1. The summed E-state index contributed by atoms with van der Waals surface area (Å²) in [6.45, 7) is 4.23. The zero-order chi connectivity index (χ0) is 14.3. The normalized spacial score (nSPS) is 13.0. The molecule has 0 bridgehead atoms. The predicted molar refractivity (Wildman–Crippen MR) is 73.4 cm³/mol. The molecule has 2 nitrogen and oxygen atoms in total. The molecule has 0 spiro atoms. The van der Waals surface area contributed by atoms with Crippen LogP contribution in [-0.2, 0) is 6.54 Å². The van der Waals surface area contributed by atoms with E-state index < -0.39 is 6.61 Å². The highest BCUT2D eigenvalue weighted by Crippen LogP contribution is 2.21. The highest BCUT2D eigenvalue weighted by atomic mass is 19.3. The first-order valence-electron chi connectivity index (χ1n) is 6.84. The van der Waals surface area contributed by atoms with E-state index in [4.69, 9.17) is 0 Å². The van der Waals surface area contributed by atoms with Crippen molar-refractivity contribution in [3.05, 3.63) is 29.8 Å². The van der Waals surface area contributed by atoms with Crippen LogP contribution in [0, 0.1) is 5.92 Å². The van der Waals surface area contributed by atoms with Crippen molar-refractivity contribution in [3.63, 3.8) is 0 Å². The van der Waals surface area contributed by atoms with Crippen LogP contribution in [0.4, 0.5) is 8.78 Å². The lowest BCUT2D eigenvalue weighted by molar-refractivity contribution is -0.0505. The van der Waals surface area contributed by atoms with E-state index in [-0.39, 0.29) is 5.75 Å². The van der Waals surface area contributed by atoms with Crippen LogP contribution < -0.4 is 10.1 Å². The lowest BCUT2D eigenvalue weighted by Crippen LogP contribution is -2.32. The van der Waals surface area contributed by atoms with Crippen molar-refractivity contribution in [2.45, 2.75) is 52.8 Å². The summed E-state index contributed by atoms with van der Waals surface area (Å²) in [6, 6.07) is 7.27. The maximum Gasteiger partial charge on any atom is 0.387 e. The summed E-state index contributed by atoms with van der Waals surface area (Å²) in [4.78, 5) is 0. The molecule has 0 saturated carbocycles. The van der Waals surface area contributed by atoms with E-state index in [1.54, 1.807) is 12.1 Å². The summed E-state index contributed by atoms with van der Waals surface area (Å²) in [6.07, 6.45) is 2.22. The van der Waals surface area contributed by atoms with Crippen molar-refractivity contribution in [2.75, 3.05) is 0 Å². The van der Waals surface area contributed by atoms with Gasteiger partial charge < -0.3 is 10.1 Å². The number of hydrogen-bond donors (Lipinski definition) is 1. The van der Waals surface area contributed by atoms with Crippen LogP contribution in [-0.4, -0.2) is 12.7 Å². The van der Waals surface area contributed by atoms with Crippen molar-refractivity contribution in [1.82, 2.24) is 5.32 Å². The Labute approximate surface area is 114 Å². The molecule has 108 valence electrons. The molecule has 19 heavy (non-hydrogen) atoms. The zero-order valence-corrected chi connectivity index (χ0v) is 11.8. The molecule has 1 aromatic carbocycles. The molecule has 0 aromatic heterocycles. The molecule has 0 radical (unpaired) electrons. The second-order valence-electron chi connectivity index (χ2n) is 4.73. The van der Waals surface area contributed by atoms with Crippen molar-refractivity contribution in [3.8, 4) is 5.75 Å². The molecule has 1 atom stereocenters. The van der Waals surface area contributed by atoms with E-state index in [0.29, 0.717) is 18.5 Å². The molecule has 1 aromatic rings. The molecular formula is C15H23F2NO. The van der Waals surface area contributed by atoms with E-state index in [9.17, 15) is 8.78 Å². The van der Waals surface area contributed by atoms with Crippen LogP contribution in [0.2, 0.25) is 0 Å². The van der Waals surface area contributed by atoms with Crippen LogP contribution >= 0.6 is 0 Å². The van der Waals surface area contributed by atoms with Crippen molar-refractivity contribution in [2.24, 2.45) is 5.92 Å². The van der Waals surface area contributed by atoms with Gasteiger partial charge in [-0.1, -0.05) is 44.9 Å². The number of nitrogens with one attached hydrogen (secondary N) is 1. The summed E-state index contributed by atoms with van der Waals surface area (Å²) in [5.74, 6) is 0.852. The fraction of sp³-hybridized carbons (Fsp3) is 0.600. The van der Waals surface area contributed by atoms with Gasteiger partial charge in [0.1, 0.15) is 5.75 Å². The third-order valence-corrected chi connectivity index (χ3v) is 3.56. The lowest BCUT2D eigenvalue weighted by Gasteiger charge is -2.23. The third-order valence-electron chi connectivity index (χ3n) is 3.56. The first kappa shape index (κ1) is 15.9. The topological polar surface area (TPSA) is 21.3 Å². The Morgan fingerprint density at radius 2 is 1.79 bits per heavy atom. The number of alkyl halides is 2. The maximum absolute atomic E-state index is 12.3. The van der Waals surface area contributed by atoms with Crippen LogP contribution in [0.5, 0.6) is 5.75 Å². The maximum atomic E-state index is 12.3. The van der Waals surface area contributed by atoms with Gasteiger partial charge in [0, 0.05) is 18.2 Å². The second-order valence-corrected chi connectivity index (χ2v) is 4.73. The molecule has 1 N–H and O–H groups in total. The van der Waals surface area contributed by atoms with E-state index in [1.165, 1.54) is 0 Å².